The summed E-state index contributed by atoms with van der Waals surface area (Å²) in [6, 6.07) is 19.8. The Morgan fingerprint density at radius 3 is 2.00 bits per heavy atom. The summed E-state index contributed by atoms with van der Waals surface area (Å²) in [5.41, 5.74) is 2.11. The number of benzene rings is 2. The van der Waals surface area contributed by atoms with Crippen LogP contribution < -0.4 is 0 Å². The zero-order chi connectivity index (χ0) is 17.1. The van der Waals surface area contributed by atoms with Crippen LogP contribution in [-0.4, -0.2) is 42.4 Å². The van der Waals surface area contributed by atoms with Crippen molar-refractivity contribution in [3.05, 3.63) is 71.8 Å². The Balaban J connectivity index is 1.45. The molecule has 25 heavy (non-hydrogen) atoms. The minimum atomic E-state index is -0.775. The summed E-state index contributed by atoms with van der Waals surface area (Å²) in [6.45, 7) is 1.19. The molecule has 2 aromatic rings. The molecule has 2 aromatic carbocycles. The molecule has 5 atom stereocenters. The van der Waals surface area contributed by atoms with Crippen molar-refractivity contribution in [3.8, 4) is 0 Å². The maximum Gasteiger partial charge on any atom is 0.187 e. The summed E-state index contributed by atoms with van der Waals surface area (Å²) in [6.07, 6.45) is -2.60. The number of rotatable bonds is 6. The number of hydrogen-bond acceptors (Lipinski definition) is 5. The summed E-state index contributed by atoms with van der Waals surface area (Å²) in [5, 5.41) is 10.6. The van der Waals surface area contributed by atoms with Gasteiger partial charge < -0.3 is 24.1 Å². The lowest BCUT2D eigenvalue weighted by molar-refractivity contribution is -0.258. The molecule has 2 aliphatic heterocycles. The van der Waals surface area contributed by atoms with Gasteiger partial charge in [0.25, 0.3) is 0 Å². The molecule has 132 valence electrons. The first-order valence-corrected chi connectivity index (χ1v) is 8.57. The highest BCUT2D eigenvalue weighted by Gasteiger charge is 2.51. The van der Waals surface area contributed by atoms with Gasteiger partial charge in [0.2, 0.25) is 0 Å². The van der Waals surface area contributed by atoms with Gasteiger partial charge in [0.15, 0.2) is 6.29 Å². The molecule has 2 aliphatic rings. The molecule has 5 heteroatoms. The summed E-state index contributed by atoms with van der Waals surface area (Å²) in [4.78, 5) is 0. The molecular formula is C20H22O5. The second kappa shape index (κ2) is 7.64. The first-order chi connectivity index (χ1) is 12.3. The zero-order valence-electron chi connectivity index (χ0n) is 13.9. The summed E-state index contributed by atoms with van der Waals surface area (Å²) in [7, 11) is 0. The Labute approximate surface area is 147 Å². The Hall–Kier alpha value is -1.76. The van der Waals surface area contributed by atoms with Crippen LogP contribution in [0.15, 0.2) is 60.7 Å². The fourth-order valence-electron chi connectivity index (χ4n) is 3.25. The van der Waals surface area contributed by atoms with Gasteiger partial charge >= 0.3 is 0 Å². The Morgan fingerprint density at radius 1 is 0.840 bits per heavy atom. The third-order valence-corrected chi connectivity index (χ3v) is 4.61. The third kappa shape index (κ3) is 3.76. The zero-order valence-corrected chi connectivity index (χ0v) is 13.9. The molecule has 4 rings (SSSR count). The highest BCUT2D eigenvalue weighted by Crippen LogP contribution is 2.32. The number of ether oxygens (including phenoxy) is 4. The predicted molar refractivity (Wildman–Crippen MR) is 90.7 cm³/mol. The lowest BCUT2D eigenvalue weighted by Gasteiger charge is -2.38. The molecule has 0 radical (unpaired) electrons. The Bertz CT molecular complexity index is 619. The first-order valence-electron chi connectivity index (χ1n) is 8.57. The molecule has 2 heterocycles. The monoisotopic (exact) mass is 342 g/mol. The van der Waals surface area contributed by atoms with Crippen LogP contribution in [0.25, 0.3) is 0 Å². The van der Waals surface area contributed by atoms with Gasteiger partial charge in [-0.25, -0.2) is 0 Å². The molecule has 0 amide bonds. The number of hydrogen-bond donors (Lipinski definition) is 1. The topological polar surface area (TPSA) is 57.2 Å². The molecule has 1 N–H and O–H groups in total. The highest BCUT2D eigenvalue weighted by atomic mass is 16.8. The molecule has 0 unspecified atom stereocenters. The fourth-order valence-corrected chi connectivity index (χ4v) is 3.25. The van der Waals surface area contributed by atoms with Gasteiger partial charge in [-0.1, -0.05) is 60.7 Å². The SMILES string of the molecule is O[C@H]1[C@H](OCc2ccccc2)[C@H](OCc2ccccc2)[C@@H]2OC[C@H]1O2. The van der Waals surface area contributed by atoms with Crippen molar-refractivity contribution in [2.24, 2.45) is 0 Å². The molecular weight excluding hydrogens is 320 g/mol. The Kier molecular flexibility index (Phi) is 5.10. The molecule has 2 saturated heterocycles. The average Bonchev–Trinajstić information content (AvgIpc) is 3.11. The van der Waals surface area contributed by atoms with Crippen LogP contribution in [0.5, 0.6) is 0 Å². The van der Waals surface area contributed by atoms with Gasteiger partial charge in [0.1, 0.15) is 24.4 Å². The second-order valence-corrected chi connectivity index (χ2v) is 6.39. The van der Waals surface area contributed by atoms with Crippen LogP contribution in [0.1, 0.15) is 11.1 Å². The van der Waals surface area contributed by atoms with Crippen LogP contribution in [0.2, 0.25) is 0 Å². The van der Waals surface area contributed by atoms with Crippen LogP contribution in [-0.2, 0) is 32.2 Å². The third-order valence-electron chi connectivity index (χ3n) is 4.61. The van der Waals surface area contributed by atoms with Gasteiger partial charge in [0.05, 0.1) is 19.8 Å². The predicted octanol–water partition coefficient (Wildman–Crippen LogP) is 2.27. The minimum Gasteiger partial charge on any atom is -0.387 e. The van der Waals surface area contributed by atoms with Crippen molar-refractivity contribution >= 4 is 0 Å². The quantitative estimate of drug-likeness (QED) is 0.873. The van der Waals surface area contributed by atoms with Gasteiger partial charge in [-0.15, -0.1) is 0 Å². The van der Waals surface area contributed by atoms with Crippen molar-refractivity contribution in [2.75, 3.05) is 6.61 Å². The van der Waals surface area contributed by atoms with Gasteiger partial charge in [0, 0.05) is 0 Å². The Morgan fingerprint density at radius 2 is 1.40 bits per heavy atom. The molecule has 0 spiro atoms. The van der Waals surface area contributed by atoms with Crippen molar-refractivity contribution in [3.63, 3.8) is 0 Å². The van der Waals surface area contributed by atoms with E-state index in [1.54, 1.807) is 0 Å². The lowest BCUT2D eigenvalue weighted by atomic mass is 10.0. The maximum absolute atomic E-state index is 10.6. The van der Waals surface area contributed by atoms with E-state index in [1.807, 2.05) is 60.7 Å². The summed E-state index contributed by atoms with van der Waals surface area (Å²) in [5.74, 6) is 0. The van der Waals surface area contributed by atoms with Crippen molar-refractivity contribution < 1.29 is 24.1 Å². The summed E-state index contributed by atoms with van der Waals surface area (Å²) >= 11 is 0. The van der Waals surface area contributed by atoms with E-state index >= 15 is 0 Å². The van der Waals surface area contributed by atoms with Gasteiger partial charge in [-0.3, -0.25) is 0 Å². The van der Waals surface area contributed by atoms with Crippen LogP contribution in [0.4, 0.5) is 0 Å². The van der Waals surface area contributed by atoms with Crippen LogP contribution in [0, 0.1) is 0 Å². The normalized spacial score (nSPS) is 31.2. The van der Waals surface area contributed by atoms with Gasteiger partial charge in [-0.2, -0.15) is 0 Å². The van der Waals surface area contributed by atoms with Crippen molar-refractivity contribution in [1.82, 2.24) is 0 Å². The average molecular weight is 342 g/mol. The standard InChI is InChI=1S/C20H22O5/c21-17-16-13-24-20(25-16)19(23-12-15-9-5-2-6-10-15)18(17)22-11-14-7-3-1-4-8-14/h1-10,16-21H,11-13H2/t16-,17-,18+,19+,20-/m1/s1. The number of aliphatic hydroxyl groups is 1. The van der Waals surface area contributed by atoms with Gasteiger partial charge in [-0.05, 0) is 11.1 Å². The smallest absolute Gasteiger partial charge is 0.187 e. The maximum atomic E-state index is 10.6. The minimum absolute atomic E-state index is 0.359. The van der Waals surface area contributed by atoms with E-state index in [4.69, 9.17) is 18.9 Å². The van der Waals surface area contributed by atoms with E-state index < -0.39 is 24.6 Å². The number of fused-ring (bicyclic) bond motifs is 2. The largest absolute Gasteiger partial charge is 0.387 e. The van der Waals surface area contributed by atoms with Crippen LogP contribution >= 0.6 is 0 Å². The van der Waals surface area contributed by atoms with E-state index in [9.17, 15) is 5.11 Å². The molecule has 0 aromatic heterocycles. The number of aliphatic hydroxyl groups excluding tert-OH is 1. The first kappa shape index (κ1) is 16.7. The van der Waals surface area contributed by atoms with Crippen LogP contribution in [0.3, 0.4) is 0 Å². The fraction of sp³-hybridized carbons (Fsp3) is 0.400. The van der Waals surface area contributed by atoms with E-state index in [0.717, 1.165) is 11.1 Å². The lowest BCUT2D eigenvalue weighted by Crippen LogP contribution is -2.55. The second-order valence-electron chi connectivity index (χ2n) is 6.39. The van der Waals surface area contributed by atoms with E-state index in [-0.39, 0.29) is 6.10 Å². The molecule has 5 nitrogen and oxygen atoms in total. The highest BCUT2D eigenvalue weighted by molar-refractivity contribution is 5.14. The molecule has 0 saturated carbocycles. The van der Waals surface area contributed by atoms with E-state index in [2.05, 4.69) is 0 Å². The summed E-state index contributed by atoms with van der Waals surface area (Å²) < 4.78 is 23.4. The molecule has 2 fully saturated rings. The molecule has 2 bridgehead atoms. The van der Waals surface area contributed by atoms with E-state index in [0.29, 0.717) is 19.8 Å². The van der Waals surface area contributed by atoms with E-state index in [1.165, 1.54) is 0 Å². The van der Waals surface area contributed by atoms with Crippen molar-refractivity contribution in [2.45, 2.75) is 43.9 Å². The molecule has 0 aliphatic carbocycles. The van der Waals surface area contributed by atoms with Crippen molar-refractivity contribution in [1.29, 1.82) is 0 Å².